The van der Waals surface area contributed by atoms with E-state index in [-0.39, 0.29) is 0 Å². The monoisotopic (exact) mass is 435 g/mol. The van der Waals surface area contributed by atoms with Crippen LogP contribution in [-0.4, -0.2) is 27.9 Å². The zero-order valence-corrected chi connectivity index (χ0v) is 16.3. The third-order valence-corrected chi connectivity index (χ3v) is 4.35. The molecule has 0 aliphatic heterocycles. The minimum absolute atomic E-state index is 0.408. The van der Waals surface area contributed by atoms with Crippen molar-refractivity contribution in [3.8, 4) is 17.1 Å². The van der Waals surface area contributed by atoms with Gasteiger partial charge in [-0.25, -0.2) is 9.78 Å². The number of anilines is 2. The second kappa shape index (κ2) is 7.76. The van der Waals surface area contributed by atoms with Crippen LogP contribution in [-0.2, 0) is 7.05 Å². The number of hydrogen-bond acceptors (Lipinski definition) is 4. The molecule has 2 aromatic heterocycles. The van der Waals surface area contributed by atoms with Gasteiger partial charge in [-0.15, -0.1) is 0 Å². The van der Waals surface area contributed by atoms with E-state index in [0.717, 1.165) is 10.2 Å². The van der Waals surface area contributed by atoms with Crippen LogP contribution in [0.4, 0.5) is 16.2 Å². The number of amides is 2. The van der Waals surface area contributed by atoms with Crippen molar-refractivity contribution >= 4 is 44.9 Å². The minimum Gasteiger partial charge on any atom is -0.481 e. The Morgan fingerprint density at radius 2 is 2.00 bits per heavy atom. The minimum atomic E-state index is -0.408. The number of nitrogens with zero attached hydrogens (tertiary/aromatic N) is 3. The lowest BCUT2D eigenvalue weighted by molar-refractivity contribution is 0.262. The Labute approximate surface area is 163 Å². The van der Waals surface area contributed by atoms with E-state index in [1.807, 2.05) is 7.05 Å². The third kappa shape index (κ3) is 3.97. The lowest BCUT2D eigenvalue weighted by Gasteiger charge is -2.12. The molecule has 9 heteroatoms. The number of aromatic nitrogens is 3. The van der Waals surface area contributed by atoms with Crippen LogP contribution in [0.1, 0.15) is 0 Å². The second-order valence-corrected chi connectivity index (χ2v) is 6.63. The Hall–Kier alpha value is -2.58. The summed E-state index contributed by atoms with van der Waals surface area (Å²) in [4.78, 5) is 16.5. The number of urea groups is 1. The van der Waals surface area contributed by atoms with Gasteiger partial charge in [0.15, 0.2) is 0 Å². The molecule has 0 unspecified atom stereocenters. The van der Waals surface area contributed by atoms with Gasteiger partial charge in [-0.05, 0) is 40.2 Å². The quantitative estimate of drug-likeness (QED) is 0.629. The molecule has 0 fully saturated rings. The lowest BCUT2D eigenvalue weighted by Crippen LogP contribution is -2.19. The van der Waals surface area contributed by atoms with Gasteiger partial charge in [0, 0.05) is 17.8 Å². The van der Waals surface area contributed by atoms with E-state index in [4.69, 9.17) is 16.3 Å². The Kier molecular flexibility index (Phi) is 5.43. The van der Waals surface area contributed by atoms with E-state index in [1.54, 1.807) is 41.2 Å². The Balaban J connectivity index is 1.85. The highest BCUT2D eigenvalue weighted by molar-refractivity contribution is 9.10. The molecule has 2 amide bonds. The van der Waals surface area contributed by atoms with Crippen LogP contribution in [0, 0.1) is 0 Å². The molecule has 3 rings (SSSR count). The molecule has 134 valence electrons. The largest absolute Gasteiger partial charge is 0.481 e. The van der Waals surface area contributed by atoms with Gasteiger partial charge < -0.3 is 15.4 Å². The van der Waals surface area contributed by atoms with E-state index < -0.39 is 6.03 Å². The number of pyridine rings is 1. The Morgan fingerprint density at radius 1 is 1.23 bits per heavy atom. The number of carbonyl (C=O) groups excluding carboxylic acids is 1. The summed E-state index contributed by atoms with van der Waals surface area (Å²) in [6.45, 7) is 0. The average molecular weight is 437 g/mol. The predicted molar refractivity (Wildman–Crippen MR) is 105 cm³/mol. The van der Waals surface area contributed by atoms with Crippen LogP contribution in [0.5, 0.6) is 5.88 Å². The first-order chi connectivity index (χ1) is 12.5. The number of ether oxygens (including phenoxy) is 1. The van der Waals surface area contributed by atoms with Gasteiger partial charge in [-0.2, -0.15) is 5.10 Å². The van der Waals surface area contributed by atoms with E-state index >= 15 is 0 Å². The van der Waals surface area contributed by atoms with Crippen molar-refractivity contribution in [2.45, 2.75) is 0 Å². The topological polar surface area (TPSA) is 81.1 Å². The van der Waals surface area contributed by atoms with E-state index in [0.29, 0.717) is 27.8 Å². The first-order valence-corrected chi connectivity index (χ1v) is 8.70. The van der Waals surface area contributed by atoms with Gasteiger partial charge in [-0.3, -0.25) is 4.68 Å². The predicted octanol–water partition coefficient (Wildman–Crippen LogP) is 4.55. The summed E-state index contributed by atoms with van der Waals surface area (Å²) in [5.41, 5.74) is 2.58. The van der Waals surface area contributed by atoms with Gasteiger partial charge >= 0.3 is 6.03 Å². The van der Waals surface area contributed by atoms with Crippen LogP contribution in [0.25, 0.3) is 11.3 Å². The zero-order valence-electron chi connectivity index (χ0n) is 14.0. The number of hydrogen-bond donors (Lipinski definition) is 2. The molecule has 0 aliphatic rings. The number of methoxy groups -OCH3 is 1. The number of benzene rings is 1. The van der Waals surface area contributed by atoms with Gasteiger partial charge in [0.1, 0.15) is 0 Å². The Bertz CT molecular complexity index is 941. The highest BCUT2D eigenvalue weighted by Crippen LogP contribution is 2.34. The van der Waals surface area contributed by atoms with Gasteiger partial charge in [0.05, 0.1) is 40.9 Å². The number of nitrogens with one attached hydrogen (secondary N) is 2. The van der Waals surface area contributed by atoms with Crippen molar-refractivity contribution in [2.75, 3.05) is 17.7 Å². The van der Waals surface area contributed by atoms with Crippen molar-refractivity contribution in [2.24, 2.45) is 7.05 Å². The van der Waals surface area contributed by atoms with Crippen LogP contribution in [0.2, 0.25) is 5.02 Å². The van der Waals surface area contributed by atoms with Crippen LogP contribution < -0.4 is 15.4 Å². The maximum Gasteiger partial charge on any atom is 0.323 e. The summed E-state index contributed by atoms with van der Waals surface area (Å²) < 4.78 is 7.82. The summed E-state index contributed by atoms with van der Waals surface area (Å²) >= 11 is 9.39. The van der Waals surface area contributed by atoms with Crippen molar-refractivity contribution < 1.29 is 9.53 Å². The van der Waals surface area contributed by atoms with Gasteiger partial charge in [0.2, 0.25) is 5.88 Å². The van der Waals surface area contributed by atoms with E-state index in [9.17, 15) is 4.79 Å². The molecular formula is C17H15BrClN5O2. The summed E-state index contributed by atoms with van der Waals surface area (Å²) in [7, 11) is 3.35. The van der Waals surface area contributed by atoms with Crippen LogP contribution >= 0.6 is 27.5 Å². The summed E-state index contributed by atoms with van der Waals surface area (Å²) in [5, 5.41) is 10.2. The van der Waals surface area contributed by atoms with E-state index in [2.05, 4.69) is 36.6 Å². The normalized spacial score (nSPS) is 10.5. The Morgan fingerprint density at radius 3 is 2.65 bits per heavy atom. The molecule has 0 bridgehead atoms. The van der Waals surface area contributed by atoms with E-state index in [1.165, 1.54) is 13.3 Å². The SMILES string of the molecule is COc1ncc(NC(=O)Nc2cccc(Cl)c2)cc1-c1c(Br)cnn1C. The fraction of sp³-hybridized carbons (Fsp3) is 0.118. The first kappa shape index (κ1) is 18.2. The van der Waals surface area contributed by atoms with Crippen LogP contribution in [0.15, 0.2) is 47.2 Å². The molecule has 0 aliphatic carbocycles. The number of halogens is 2. The van der Waals surface area contributed by atoms with Gasteiger partial charge in [0.25, 0.3) is 0 Å². The molecule has 0 saturated heterocycles. The fourth-order valence-electron chi connectivity index (χ4n) is 2.43. The fourth-order valence-corrected chi connectivity index (χ4v) is 3.18. The van der Waals surface area contributed by atoms with Crippen LogP contribution in [0.3, 0.4) is 0 Å². The van der Waals surface area contributed by atoms with Crippen molar-refractivity contribution in [1.82, 2.24) is 14.8 Å². The first-order valence-electron chi connectivity index (χ1n) is 7.53. The third-order valence-electron chi connectivity index (χ3n) is 3.53. The standard InChI is InChI=1S/C17H15BrClN5O2/c1-24-15(14(18)9-21-24)13-7-12(8-20-16(13)26-2)23-17(25)22-11-5-3-4-10(19)6-11/h3-9H,1-2H3,(H2,22,23,25). The molecule has 2 N–H and O–H groups in total. The van der Waals surface area contributed by atoms with Crippen molar-refractivity contribution in [1.29, 1.82) is 0 Å². The highest BCUT2D eigenvalue weighted by atomic mass is 79.9. The molecule has 26 heavy (non-hydrogen) atoms. The van der Waals surface area contributed by atoms with Crippen molar-refractivity contribution in [3.63, 3.8) is 0 Å². The molecule has 0 atom stereocenters. The molecule has 0 spiro atoms. The van der Waals surface area contributed by atoms with Crippen molar-refractivity contribution in [3.05, 3.63) is 52.2 Å². The molecule has 7 nitrogen and oxygen atoms in total. The second-order valence-electron chi connectivity index (χ2n) is 5.34. The number of carbonyl (C=O) groups is 1. The highest BCUT2D eigenvalue weighted by Gasteiger charge is 2.16. The average Bonchev–Trinajstić information content (AvgIpc) is 2.93. The lowest BCUT2D eigenvalue weighted by atomic mass is 10.2. The molecule has 0 saturated carbocycles. The number of rotatable bonds is 4. The van der Waals surface area contributed by atoms with Gasteiger partial charge in [-0.1, -0.05) is 17.7 Å². The molecule has 1 aromatic carbocycles. The zero-order chi connectivity index (χ0) is 18.7. The maximum atomic E-state index is 12.2. The number of aryl methyl sites for hydroxylation is 1. The summed E-state index contributed by atoms with van der Waals surface area (Å²) in [5.74, 6) is 0.426. The molecule has 0 radical (unpaired) electrons. The summed E-state index contributed by atoms with van der Waals surface area (Å²) in [6, 6.07) is 8.25. The smallest absolute Gasteiger partial charge is 0.323 e. The molecule has 2 heterocycles. The molecule has 3 aromatic rings. The molecular weight excluding hydrogens is 422 g/mol. The summed E-state index contributed by atoms with van der Waals surface area (Å²) in [6.07, 6.45) is 3.20. The maximum absolute atomic E-state index is 12.2.